The Morgan fingerprint density at radius 2 is 1.60 bits per heavy atom. The summed E-state index contributed by atoms with van der Waals surface area (Å²) in [5, 5.41) is 0. The first-order chi connectivity index (χ1) is 6.79. The van der Waals surface area contributed by atoms with Crippen LogP contribution in [0.4, 0.5) is 0 Å². The van der Waals surface area contributed by atoms with Crippen molar-refractivity contribution in [3.05, 3.63) is 24.8 Å². The summed E-state index contributed by atoms with van der Waals surface area (Å²) in [6.07, 6.45) is 8.73. The molecule has 0 amide bonds. The molecule has 0 aromatic carbocycles. The fraction of sp³-hybridized carbons (Fsp3) is 0.714. The zero-order valence-electron chi connectivity index (χ0n) is 10.9. The van der Waals surface area contributed by atoms with Crippen LogP contribution in [0.3, 0.4) is 0 Å². The van der Waals surface area contributed by atoms with Crippen LogP contribution in [0.25, 0.3) is 0 Å². The van der Waals surface area contributed by atoms with Crippen LogP contribution >= 0.6 is 0 Å². The molecule has 0 saturated carbocycles. The second-order valence-corrected chi connectivity index (χ2v) is 5.97. The molecule has 0 aromatic rings. The van der Waals surface area contributed by atoms with Gasteiger partial charge in [-0.2, -0.15) is 0 Å². The fourth-order valence-electron chi connectivity index (χ4n) is 2.82. The summed E-state index contributed by atoms with van der Waals surface area (Å²) in [6.45, 7) is 13.1. The first-order valence-electron chi connectivity index (χ1n) is 5.83. The van der Waals surface area contributed by atoms with Crippen molar-refractivity contribution in [3.63, 3.8) is 0 Å². The Balaban J connectivity index is 2.83. The summed E-state index contributed by atoms with van der Waals surface area (Å²) in [6, 6.07) is 0. The van der Waals surface area contributed by atoms with Crippen molar-refractivity contribution in [2.75, 3.05) is 7.05 Å². The lowest BCUT2D eigenvalue weighted by Gasteiger charge is -2.53. The molecule has 0 aliphatic carbocycles. The van der Waals surface area contributed by atoms with E-state index in [1.165, 1.54) is 12.8 Å². The third kappa shape index (κ3) is 2.72. The summed E-state index contributed by atoms with van der Waals surface area (Å²) in [4.78, 5) is 2.51. The van der Waals surface area contributed by atoms with Crippen molar-refractivity contribution < 1.29 is 0 Å². The predicted molar refractivity (Wildman–Crippen MR) is 68.0 cm³/mol. The van der Waals surface area contributed by atoms with Crippen LogP contribution in [0.5, 0.6) is 0 Å². The number of likely N-dealkylation sites (tertiary alicyclic amines) is 1. The smallest absolute Gasteiger partial charge is 0.0161 e. The van der Waals surface area contributed by atoms with Crippen LogP contribution < -0.4 is 0 Å². The molecular weight excluding hydrogens is 182 g/mol. The Hall–Kier alpha value is -0.560. The van der Waals surface area contributed by atoms with E-state index in [1.807, 2.05) is 6.08 Å². The lowest BCUT2D eigenvalue weighted by atomic mass is 9.74. The minimum atomic E-state index is 0.290. The number of hydrogen-bond acceptors (Lipinski definition) is 1. The normalized spacial score (nSPS) is 27.0. The van der Waals surface area contributed by atoms with E-state index < -0.39 is 0 Å². The van der Waals surface area contributed by atoms with Crippen LogP contribution in [0, 0.1) is 5.92 Å². The standard InChI is InChI=1S/C14H25N/c1-7-8-9-12-10-13(2,3)15(6)14(4,5)11-12/h7-9,12H,1,10-11H2,2-6H3. The molecule has 0 N–H and O–H groups in total. The van der Waals surface area contributed by atoms with E-state index in [0.29, 0.717) is 5.92 Å². The highest BCUT2D eigenvalue weighted by Gasteiger charge is 2.41. The molecule has 0 aromatic heterocycles. The third-order valence-corrected chi connectivity index (χ3v) is 3.86. The second-order valence-electron chi connectivity index (χ2n) is 5.97. The first-order valence-corrected chi connectivity index (χ1v) is 5.83. The number of allylic oxidation sites excluding steroid dienone is 3. The van der Waals surface area contributed by atoms with E-state index in [4.69, 9.17) is 0 Å². The van der Waals surface area contributed by atoms with Gasteiger partial charge in [-0.1, -0.05) is 24.8 Å². The monoisotopic (exact) mass is 207 g/mol. The first kappa shape index (κ1) is 12.5. The summed E-state index contributed by atoms with van der Waals surface area (Å²) in [7, 11) is 2.24. The minimum absolute atomic E-state index is 0.290. The molecule has 86 valence electrons. The molecule has 0 spiro atoms. The highest BCUT2D eigenvalue weighted by atomic mass is 15.2. The molecule has 15 heavy (non-hydrogen) atoms. The van der Waals surface area contributed by atoms with Gasteiger partial charge in [-0.15, -0.1) is 0 Å². The van der Waals surface area contributed by atoms with Crippen LogP contribution in [0.2, 0.25) is 0 Å². The van der Waals surface area contributed by atoms with Gasteiger partial charge in [0.2, 0.25) is 0 Å². The Bertz CT molecular complexity index is 243. The molecule has 0 atom stereocenters. The quantitative estimate of drug-likeness (QED) is 0.625. The average Bonchev–Trinajstić information content (AvgIpc) is 2.10. The maximum Gasteiger partial charge on any atom is 0.0161 e. The summed E-state index contributed by atoms with van der Waals surface area (Å²) < 4.78 is 0. The molecule has 0 unspecified atom stereocenters. The number of nitrogens with zero attached hydrogens (tertiary/aromatic N) is 1. The molecule has 1 aliphatic rings. The van der Waals surface area contributed by atoms with Gasteiger partial charge in [0, 0.05) is 11.1 Å². The average molecular weight is 207 g/mol. The van der Waals surface area contributed by atoms with E-state index in [9.17, 15) is 0 Å². The molecule has 1 heterocycles. The lowest BCUT2D eigenvalue weighted by molar-refractivity contribution is -0.0194. The van der Waals surface area contributed by atoms with Gasteiger partial charge in [-0.3, -0.25) is 4.90 Å². The Labute approximate surface area is 94.9 Å². The van der Waals surface area contributed by atoms with Gasteiger partial charge in [0.15, 0.2) is 0 Å². The summed E-state index contributed by atoms with van der Waals surface area (Å²) in [5.74, 6) is 0.684. The van der Waals surface area contributed by atoms with Crippen LogP contribution in [0.15, 0.2) is 24.8 Å². The van der Waals surface area contributed by atoms with Crippen molar-refractivity contribution in [1.29, 1.82) is 0 Å². The van der Waals surface area contributed by atoms with Gasteiger partial charge in [-0.25, -0.2) is 0 Å². The van der Waals surface area contributed by atoms with Crippen molar-refractivity contribution >= 4 is 0 Å². The molecule has 0 radical (unpaired) electrons. The maximum absolute atomic E-state index is 3.74. The van der Waals surface area contributed by atoms with Crippen molar-refractivity contribution in [2.45, 2.75) is 51.6 Å². The molecule has 1 heteroatoms. The van der Waals surface area contributed by atoms with E-state index in [-0.39, 0.29) is 11.1 Å². The van der Waals surface area contributed by atoms with Gasteiger partial charge in [-0.05, 0) is 53.5 Å². The van der Waals surface area contributed by atoms with Crippen LogP contribution in [-0.4, -0.2) is 23.0 Å². The van der Waals surface area contributed by atoms with Crippen LogP contribution in [0.1, 0.15) is 40.5 Å². The number of rotatable bonds is 2. The molecule has 1 saturated heterocycles. The largest absolute Gasteiger partial charge is 0.296 e. The number of hydrogen-bond donors (Lipinski definition) is 0. The van der Waals surface area contributed by atoms with Gasteiger partial charge in [0.1, 0.15) is 0 Å². The molecule has 1 fully saturated rings. The Morgan fingerprint density at radius 1 is 1.13 bits per heavy atom. The third-order valence-electron chi connectivity index (χ3n) is 3.86. The van der Waals surface area contributed by atoms with Gasteiger partial charge >= 0.3 is 0 Å². The predicted octanol–water partition coefficient (Wildman–Crippen LogP) is 3.63. The van der Waals surface area contributed by atoms with E-state index in [0.717, 1.165) is 0 Å². The fourth-order valence-corrected chi connectivity index (χ4v) is 2.82. The lowest BCUT2D eigenvalue weighted by Crippen LogP contribution is -2.58. The summed E-state index contributed by atoms with van der Waals surface area (Å²) >= 11 is 0. The van der Waals surface area contributed by atoms with E-state index in [2.05, 4.69) is 58.4 Å². The molecule has 1 aliphatic heterocycles. The zero-order chi connectivity index (χ0) is 11.7. The highest BCUT2D eigenvalue weighted by Crippen LogP contribution is 2.40. The van der Waals surface area contributed by atoms with Gasteiger partial charge < -0.3 is 0 Å². The maximum atomic E-state index is 3.74. The van der Waals surface area contributed by atoms with E-state index in [1.54, 1.807) is 0 Å². The highest BCUT2D eigenvalue weighted by molar-refractivity contribution is 5.07. The topological polar surface area (TPSA) is 3.24 Å². The molecule has 1 rings (SSSR count). The second kappa shape index (κ2) is 4.13. The van der Waals surface area contributed by atoms with Crippen molar-refractivity contribution in [3.8, 4) is 0 Å². The van der Waals surface area contributed by atoms with Gasteiger partial charge in [0.25, 0.3) is 0 Å². The zero-order valence-corrected chi connectivity index (χ0v) is 10.9. The Morgan fingerprint density at radius 3 is 2.00 bits per heavy atom. The van der Waals surface area contributed by atoms with E-state index >= 15 is 0 Å². The van der Waals surface area contributed by atoms with Crippen LogP contribution in [-0.2, 0) is 0 Å². The number of piperidine rings is 1. The van der Waals surface area contributed by atoms with Crippen molar-refractivity contribution in [1.82, 2.24) is 4.90 Å². The SMILES string of the molecule is C=CC=CC1CC(C)(C)N(C)C(C)(C)C1. The molecular formula is C14H25N. The summed E-state index contributed by atoms with van der Waals surface area (Å²) in [5.41, 5.74) is 0.579. The molecule has 1 nitrogen and oxygen atoms in total. The van der Waals surface area contributed by atoms with Gasteiger partial charge in [0.05, 0.1) is 0 Å². The molecule has 0 bridgehead atoms. The Kier molecular flexibility index (Phi) is 3.44. The minimum Gasteiger partial charge on any atom is -0.296 e. The van der Waals surface area contributed by atoms with Crippen molar-refractivity contribution in [2.24, 2.45) is 5.92 Å².